The predicted molar refractivity (Wildman–Crippen MR) is 90.6 cm³/mol. The summed E-state index contributed by atoms with van der Waals surface area (Å²) in [4.78, 5) is 23.8. The number of hydrogen-bond donors (Lipinski definition) is 1. The Kier molecular flexibility index (Phi) is 5.67. The number of carbonyl (C=O) groups excluding carboxylic acids is 2. The Bertz CT molecular complexity index is 678. The number of carbonyl (C=O) groups is 2. The zero-order valence-electron chi connectivity index (χ0n) is 12.1. The molecule has 2 rings (SSSR count). The van der Waals surface area contributed by atoms with Gasteiger partial charge in [-0.2, -0.15) is 0 Å². The first-order valence-electron chi connectivity index (χ1n) is 6.89. The number of rotatable bonds is 5. The summed E-state index contributed by atoms with van der Waals surface area (Å²) >= 11 is 3.31. The minimum absolute atomic E-state index is 0.110. The zero-order chi connectivity index (χ0) is 15.9. The Morgan fingerprint density at radius 2 is 1.64 bits per heavy atom. The summed E-state index contributed by atoms with van der Waals surface area (Å²) in [6.07, 6.45) is 2.56. The molecule has 1 amide bonds. The number of halogens is 1. The van der Waals surface area contributed by atoms with Crippen molar-refractivity contribution < 1.29 is 9.59 Å². The molecule has 0 aliphatic heterocycles. The number of hydrogen-bond acceptors (Lipinski definition) is 2. The Labute approximate surface area is 138 Å². The van der Waals surface area contributed by atoms with E-state index in [1.165, 1.54) is 12.2 Å². The highest BCUT2D eigenvalue weighted by Crippen LogP contribution is 2.12. The van der Waals surface area contributed by atoms with E-state index >= 15 is 0 Å². The van der Waals surface area contributed by atoms with Crippen LogP contribution in [0.5, 0.6) is 0 Å². The van der Waals surface area contributed by atoms with Gasteiger partial charge in [0.25, 0.3) is 0 Å². The van der Waals surface area contributed by atoms with Gasteiger partial charge >= 0.3 is 0 Å². The first-order chi connectivity index (χ1) is 10.6. The Balaban J connectivity index is 1.94. The van der Waals surface area contributed by atoms with Crippen LogP contribution in [0.3, 0.4) is 0 Å². The van der Waals surface area contributed by atoms with Crippen LogP contribution in [0.4, 0.5) is 0 Å². The Morgan fingerprint density at radius 3 is 2.27 bits per heavy atom. The maximum absolute atomic E-state index is 11.9. The van der Waals surface area contributed by atoms with Crippen molar-refractivity contribution >= 4 is 27.6 Å². The van der Waals surface area contributed by atoms with Gasteiger partial charge in [0.15, 0.2) is 5.78 Å². The Morgan fingerprint density at radius 1 is 1.00 bits per heavy atom. The lowest BCUT2D eigenvalue weighted by Crippen LogP contribution is -2.24. The molecule has 0 saturated carbocycles. The summed E-state index contributed by atoms with van der Waals surface area (Å²) in [6, 6.07) is 16.6. The molecule has 112 valence electrons. The number of ketones is 1. The van der Waals surface area contributed by atoms with Gasteiger partial charge in [-0.15, -0.1) is 0 Å². The highest BCUT2D eigenvalue weighted by Gasteiger charge is 2.07. The van der Waals surface area contributed by atoms with Crippen molar-refractivity contribution in [3.63, 3.8) is 0 Å². The second-order valence-electron chi connectivity index (χ2n) is 4.85. The lowest BCUT2D eigenvalue weighted by molar-refractivity contribution is -0.117. The van der Waals surface area contributed by atoms with Crippen molar-refractivity contribution in [3.8, 4) is 0 Å². The molecule has 1 unspecified atom stereocenters. The first-order valence-corrected chi connectivity index (χ1v) is 7.69. The summed E-state index contributed by atoms with van der Waals surface area (Å²) in [5, 5.41) is 2.83. The second kappa shape index (κ2) is 7.71. The van der Waals surface area contributed by atoms with E-state index in [1.54, 1.807) is 24.3 Å². The van der Waals surface area contributed by atoms with E-state index in [1.807, 2.05) is 37.3 Å². The van der Waals surface area contributed by atoms with Gasteiger partial charge < -0.3 is 5.32 Å². The molecule has 0 aromatic heterocycles. The molecule has 2 aromatic carbocycles. The van der Waals surface area contributed by atoms with E-state index in [4.69, 9.17) is 0 Å². The predicted octanol–water partition coefficient (Wildman–Crippen LogP) is 4.07. The maximum atomic E-state index is 11.9. The van der Waals surface area contributed by atoms with E-state index in [0.717, 1.165) is 10.0 Å². The molecular weight excluding hydrogens is 342 g/mol. The van der Waals surface area contributed by atoms with Crippen LogP contribution in [0.25, 0.3) is 0 Å². The zero-order valence-corrected chi connectivity index (χ0v) is 13.7. The van der Waals surface area contributed by atoms with Crippen molar-refractivity contribution in [2.75, 3.05) is 0 Å². The van der Waals surface area contributed by atoms with Gasteiger partial charge in [0.1, 0.15) is 0 Å². The fourth-order valence-corrected chi connectivity index (χ4v) is 2.21. The van der Waals surface area contributed by atoms with Gasteiger partial charge in [-0.1, -0.05) is 46.3 Å². The SMILES string of the molecule is CC(NC(=O)/C=C/C(=O)c1ccc(Br)cc1)c1ccccc1. The molecule has 0 aliphatic rings. The monoisotopic (exact) mass is 357 g/mol. The molecule has 0 bridgehead atoms. The van der Waals surface area contributed by atoms with Crippen LogP contribution < -0.4 is 5.32 Å². The van der Waals surface area contributed by atoms with E-state index in [2.05, 4.69) is 21.2 Å². The Hall–Kier alpha value is -2.20. The fourth-order valence-electron chi connectivity index (χ4n) is 1.95. The number of nitrogens with one attached hydrogen (secondary N) is 1. The molecular formula is C18H16BrNO2. The molecule has 0 saturated heterocycles. The highest BCUT2D eigenvalue weighted by molar-refractivity contribution is 9.10. The first kappa shape index (κ1) is 16.2. The average Bonchev–Trinajstić information content (AvgIpc) is 2.54. The summed E-state index contributed by atoms with van der Waals surface area (Å²) in [7, 11) is 0. The summed E-state index contributed by atoms with van der Waals surface area (Å²) < 4.78 is 0.905. The van der Waals surface area contributed by atoms with E-state index < -0.39 is 0 Å². The number of allylic oxidation sites excluding steroid dienone is 1. The van der Waals surface area contributed by atoms with Gasteiger partial charge in [0.05, 0.1) is 6.04 Å². The fraction of sp³-hybridized carbons (Fsp3) is 0.111. The molecule has 0 aliphatic carbocycles. The van der Waals surface area contributed by atoms with Crippen molar-refractivity contribution in [2.45, 2.75) is 13.0 Å². The van der Waals surface area contributed by atoms with Crippen LogP contribution in [0.2, 0.25) is 0 Å². The van der Waals surface area contributed by atoms with Gasteiger partial charge in [0.2, 0.25) is 5.91 Å². The van der Waals surface area contributed by atoms with Crippen LogP contribution in [0.1, 0.15) is 28.9 Å². The molecule has 0 fully saturated rings. The average molecular weight is 358 g/mol. The van der Waals surface area contributed by atoms with Gasteiger partial charge in [-0.25, -0.2) is 0 Å². The molecule has 2 aromatic rings. The van der Waals surface area contributed by atoms with Crippen LogP contribution in [0.15, 0.2) is 71.2 Å². The highest BCUT2D eigenvalue weighted by atomic mass is 79.9. The van der Waals surface area contributed by atoms with Crippen molar-refractivity contribution in [1.29, 1.82) is 0 Å². The lowest BCUT2D eigenvalue weighted by atomic mass is 10.1. The van der Waals surface area contributed by atoms with Gasteiger partial charge in [0, 0.05) is 16.1 Å². The van der Waals surface area contributed by atoms with Gasteiger partial charge in [-0.05, 0) is 42.8 Å². The van der Waals surface area contributed by atoms with Crippen LogP contribution in [0, 0.1) is 0 Å². The van der Waals surface area contributed by atoms with Crippen molar-refractivity contribution in [2.24, 2.45) is 0 Å². The van der Waals surface area contributed by atoms with Crippen molar-refractivity contribution in [1.82, 2.24) is 5.32 Å². The summed E-state index contributed by atoms with van der Waals surface area (Å²) in [5.41, 5.74) is 1.56. The number of amides is 1. The third-order valence-electron chi connectivity index (χ3n) is 3.17. The summed E-state index contributed by atoms with van der Waals surface area (Å²) in [5.74, 6) is -0.489. The van der Waals surface area contributed by atoms with E-state index in [9.17, 15) is 9.59 Å². The normalized spacial score (nSPS) is 12.1. The molecule has 0 heterocycles. The molecule has 22 heavy (non-hydrogen) atoms. The van der Waals surface area contributed by atoms with Crippen LogP contribution in [-0.4, -0.2) is 11.7 Å². The lowest BCUT2D eigenvalue weighted by Gasteiger charge is -2.12. The standard InChI is InChI=1S/C18H16BrNO2/c1-13(14-5-3-2-4-6-14)20-18(22)12-11-17(21)15-7-9-16(19)10-8-15/h2-13H,1H3,(H,20,22)/b12-11+. The molecule has 0 spiro atoms. The molecule has 1 N–H and O–H groups in total. The van der Waals surface area contributed by atoms with Crippen LogP contribution in [-0.2, 0) is 4.79 Å². The van der Waals surface area contributed by atoms with Crippen LogP contribution >= 0.6 is 15.9 Å². The number of benzene rings is 2. The molecule has 1 atom stereocenters. The topological polar surface area (TPSA) is 46.2 Å². The molecule has 4 heteroatoms. The quantitative estimate of drug-likeness (QED) is 0.647. The minimum atomic E-state index is -0.290. The van der Waals surface area contributed by atoms with Gasteiger partial charge in [-0.3, -0.25) is 9.59 Å². The van der Waals surface area contributed by atoms with Crippen molar-refractivity contribution in [3.05, 3.63) is 82.3 Å². The minimum Gasteiger partial charge on any atom is -0.346 e. The molecule has 3 nitrogen and oxygen atoms in total. The summed E-state index contributed by atoms with van der Waals surface area (Å²) in [6.45, 7) is 1.90. The maximum Gasteiger partial charge on any atom is 0.244 e. The molecule has 0 radical (unpaired) electrons. The van der Waals surface area contributed by atoms with E-state index in [0.29, 0.717) is 5.56 Å². The second-order valence-corrected chi connectivity index (χ2v) is 5.76. The van der Waals surface area contributed by atoms with E-state index in [-0.39, 0.29) is 17.7 Å². The third kappa shape index (κ3) is 4.67. The smallest absolute Gasteiger partial charge is 0.244 e. The largest absolute Gasteiger partial charge is 0.346 e. The third-order valence-corrected chi connectivity index (χ3v) is 3.70.